The minimum absolute atomic E-state index is 0.0190. The van der Waals surface area contributed by atoms with Gasteiger partial charge in [-0.1, -0.05) is 44.7 Å². The van der Waals surface area contributed by atoms with Crippen molar-refractivity contribution in [2.45, 2.75) is 58.5 Å². The Labute approximate surface area is 182 Å². The lowest BCUT2D eigenvalue weighted by Crippen LogP contribution is -2.34. The molecule has 0 fully saturated rings. The first-order chi connectivity index (χ1) is 13.9. The van der Waals surface area contributed by atoms with E-state index in [9.17, 15) is 26.4 Å². The van der Waals surface area contributed by atoms with Crippen LogP contribution >= 0.6 is 11.6 Å². The van der Waals surface area contributed by atoms with E-state index in [-0.39, 0.29) is 30.3 Å². The van der Waals surface area contributed by atoms with Crippen molar-refractivity contribution in [1.29, 1.82) is 0 Å². The van der Waals surface area contributed by atoms with Gasteiger partial charge in [-0.3, -0.25) is 9.10 Å². The standard InChI is InChI=1S/C20H30ClF3N2O3S/c1-4-6-8-15(5-2)14-25-19(27)9-7-12-26(30(3,28)29)18-11-10-16(21)13-17(18)20(22,23)24/h10-11,13,15H,4-9,12,14H2,1-3H3,(H,25,27)/t15-/m0/s1. The molecule has 1 amide bonds. The molecule has 0 aromatic heterocycles. The number of benzene rings is 1. The van der Waals surface area contributed by atoms with Gasteiger partial charge in [-0.25, -0.2) is 8.42 Å². The molecule has 0 aliphatic rings. The molecular weight excluding hydrogens is 441 g/mol. The van der Waals surface area contributed by atoms with Crippen molar-refractivity contribution in [1.82, 2.24) is 5.32 Å². The highest BCUT2D eigenvalue weighted by molar-refractivity contribution is 7.92. The van der Waals surface area contributed by atoms with Gasteiger partial charge in [0.1, 0.15) is 0 Å². The van der Waals surface area contributed by atoms with E-state index < -0.39 is 27.5 Å². The number of hydrogen-bond acceptors (Lipinski definition) is 3. The Bertz CT molecular complexity index is 801. The quantitative estimate of drug-likeness (QED) is 0.454. The second kappa shape index (κ2) is 11.8. The Hall–Kier alpha value is -1.48. The molecular formula is C20H30ClF3N2O3S. The maximum absolute atomic E-state index is 13.4. The summed E-state index contributed by atoms with van der Waals surface area (Å²) in [5.41, 5.74) is -1.63. The van der Waals surface area contributed by atoms with Gasteiger partial charge in [-0.2, -0.15) is 13.2 Å². The zero-order valence-electron chi connectivity index (χ0n) is 17.6. The Kier molecular flexibility index (Phi) is 10.4. The van der Waals surface area contributed by atoms with Gasteiger partial charge in [0.15, 0.2) is 0 Å². The van der Waals surface area contributed by atoms with Crippen LogP contribution in [0.4, 0.5) is 18.9 Å². The molecule has 10 heteroatoms. The molecule has 172 valence electrons. The predicted molar refractivity (Wildman–Crippen MR) is 114 cm³/mol. The van der Waals surface area contributed by atoms with Crippen molar-refractivity contribution in [2.75, 3.05) is 23.7 Å². The van der Waals surface area contributed by atoms with Crippen LogP contribution in [0.15, 0.2) is 18.2 Å². The number of nitrogens with zero attached hydrogens (tertiary/aromatic N) is 1. The lowest BCUT2D eigenvalue weighted by Gasteiger charge is -2.26. The summed E-state index contributed by atoms with van der Waals surface area (Å²) in [6.07, 6.45) is 0.299. The average Bonchev–Trinajstić information content (AvgIpc) is 2.64. The van der Waals surface area contributed by atoms with Crippen molar-refractivity contribution in [3.8, 4) is 0 Å². The maximum Gasteiger partial charge on any atom is 0.418 e. The van der Waals surface area contributed by atoms with E-state index in [2.05, 4.69) is 19.2 Å². The van der Waals surface area contributed by atoms with Crippen LogP contribution in [0.2, 0.25) is 5.02 Å². The largest absolute Gasteiger partial charge is 0.418 e. The highest BCUT2D eigenvalue weighted by atomic mass is 35.5. The fourth-order valence-electron chi connectivity index (χ4n) is 3.09. The second-order valence-electron chi connectivity index (χ2n) is 7.32. The Morgan fingerprint density at radius 1 is 1.23 bits per heavy atom. The minimum Gasteiger partial charge on any atom is -0.356 e. The maximum atomic E-state index is 13.4. The smallest absolute Gasteiger partial charge is 0.356 e. The van der Waals surface area contributed by atoms with Gasteiger partial charge in [-0.05, 0) is 37.0 Å². The van der Waals surface area contributed by atoms with E-state index in [0.29, 0.717) is 22.8 Å². The van der Waals surface area contributed by atoms with Crippen molar-refractivity contribution in [2.24, 2.45) is 5.92 Å². The van der Waals surface area contributed by atoms with Crippen molar-refractivity contribution in [3.05, 3.63) is 28.8 Å². The lowest BCUT2D eigenvalue weighted by atomic mass is 9.99. The molecule has 5 nitrogen and oxygen atoms in total. The second-order valence-corrected chi connectivity index (χ2v) is 9.66. The van der Waals surface area contributed by atoms with Crippen LogP contribution in [0.1, 0.15) is 57.9 Å². The number of amides is 1. The summed E-state index contributed by atoms with van der Waals surface area (Å²) in [6, 6.07) is 2.94. The first-order valence-corrected chi connectivity index (χ1v) is 12.2. The summed E-state index contributed by atoms with van der Waals surface area (Å²) in [4.78, 5) is 12.1. The predicted octanol–water partition coefficient (Wildman–Crippen LogP) is 5.24. The molecule has 0 bridgehead atoms. The molecule has 0 aliphatic carbocycles. The van der Waals surface area contributed by atoms with Crippen LogP contribution in [-0.2, 0) is 21.0 Å². The van der Waals surface area contributed by atoms with Crippen molar-refractivity contribution >= 4 is 33.2 Å². The van der Waals surface area contributed by atoms with Gasteiger partial charge in [-0.15, -0.1) is 0 Å². The molecule has 1 aromatic rings. The number of anilines is 1. The molecule has 0 radical (unpaired) electrons. The van der Waals surface area contributed by atoms with E-state index in [1.807, 2.05) is 0 Å². The number of carbonyl (C=O) groups is 1. The summed E-state index contributed by atoms with van der Waals surface area (Å²) in [6.45, 7) is 4.45. The van der Waals surface area contributed by atoms with Crippen LogP contribution in [0.3, 0.4) is 0 Å². The highest BCUT2D eigenvalue weighted by Crippen LogP contribution is 2.39. The first kappa shape index (κ1) is 26.6. The molecule has 0 unspecified atom stereocenters. The number of hydrogen-bond donors (Lipinski definition) is 1. The van der Waals surface area contributed by atoms with E-state index in [4.69, 9.17) is 11.6 Å². The van der Waals surface area contributed by atoms with E-state index >= 15 is 0 Å². The van der Waals surface area contributed by atoms with Crippen LogP contribution < -0.4 is 9.62 Å². The highest BCUT2D eigenvalue weighted by Gasteiger charge is 2.36. The van der Waals surface area contributed by atoms with Gasteiger partial charge in [0, 0.05) is 24.5 Å². The molecule has 30 heavy (non-hydrogen) atoms. The van der Waals surface area contributed by atoms with Gasteiger partial charge in [0.05, 0.1) is 17.5 Å². The zero-order valence-corrected chi connectivity index (χ0v) is 19.1. The van der Waals surface area contributed by atoms with Gasteiger partial charge < -0.3 is 5.32 Å². The molecule has 0 heterocycles. The van der Waals surface area contributed by atoms with Gasteiger partial charge >= 0.3 is 6.18 Å². The average molecular weight is 471 g/mol. The summed E-state index contributed by atoms with van der Waals surface area (Å²) < 4.78 is 65.1. The Balaban J connectivity index is 2.80. The minimum atomic E-state index is -4.77. The summed E-state index contributed by atoms with van der Waals surface area (Å²) in [7, 11) is -3.99. The topological polar surface area (TPSA) is 66.5 Å². The number of alkyl halides is 3. The Morgan fingerprint density at radius 2 is 1.90 bits per heavy atom. The van der Waals surface area contributed by atoms with Gasteiger partial charge in [0.2, 0.25) is 15.9 Å². The van der Waals surface area contributed by atoms with E-state index in [1.165, 1.54) is 6.07 Å². The molecule has 0 saturated carbocycles. The molecule has 0 spiro atoms. The third kappa shape index (κ3) is 8.71. The molecule has 1 rings (SSSR count). The monoisotopic (exact) mass is 470 g/mol. The molecule has 1 N–H and O–H groups in total. The van der Waals surface area contributed by atoms with Crippen molar-refractivity contribution in [3.63, 3.8) is 0 Å². The van der Waals surface area contributed by atoms with E-state index in [1.54, 1.807) is 0 Å². The molecule has 0 saturated heterocycles. The third-order valence-corrected chi connectivity index (χ3v) is 6.24. The number of halogens is 4. The first-order valence-electron chi connectivity index (χ1n) is 10.0. The van der Waals surface area contributed by atoms with Crippen molar-refractivity contribution < 1.29 is 26.4 Å². The Morgan fingerprint density at radius 3 is 2.43 bits per heavy atom. The summed E-state index contributed by atoms with van der Waals surface area (Å²) in [5.74, 6) is 0.135. The van der Waals surface area contributed by atoms with Crippen LogP contribution in [0, 0.1) is 5.92 Å². The fraction of sp³-hybridized carbons (Fsp3) is 0.650. The van der Waals surface area contributed by atoms with Crippen LogP contribution in [0.25, 0.3) is 0 Å². The number of nitrogens with one attached hydrogen (secondary N) is 1. The normalized spacial score (nSPS) is 13.2. The number of sulfonamides is 1. The van der Waals surface area contributed by atoms with E-state index in [0.717, 1.165) is 38.0 Å². The van der Waals surface area contributed by atoms with Gasteiger partial charge in [0.25, 0.3) is 0 Å². The fourth-order valence-corrected chi connectivity index (χ4v) is 4.24. The molecule has 0 aliphatic heterocycles. The van der Waals surface area contributed by atoms with Crippen LogP contribution in [-0.4, -0.2) is 33.7 Å². The number of unbranched alkanes of at least 4 members (excludes halogenated alkanes) is 1. The summed E-state index contributed by atoms with van der Waals surface area (Å²) in [5, 5.41) is 2.69. The van der Waals surface area contributed by atoms with Crippen LogP contribution in [0.5, 0.6) is 0 Å². The molecule has 1 aromatic carbocycles. The molecule has 1 atom stereocenters. The lowest BCUT2D eigenvalue weighted by molar-refractivity contribution is -0.137. The SMILES string of the molecule is CCCC[C@H](CC)CNC(=O)CCCN(c1ccc(Cl)cc1C(F)(F)F)S(C)(=O)=O. The number of rotatable bonds is 12. The third-order valence-electron chi connectivity index (χ3n) is 4.83. The zero-order chi connectivity index (χ0) is 22.9. The number of carbonyl (C=O) groups excluding carboxylic acids is 1. The summed E-state index contributed by atoms with van der Waals surface area (Å²) >= 11 is 5.67.